The fourth-order valence-electron chi connectivity index (χ4n) is 2.16. The predicted molar refractivity (Wildman–Crippen MR) is 102 cm³/mol. The Bertz CT molecular complexity index is 943. The molecule has 0 aliphatic heterocycles. The van der Waals surface area contributed by atoms with Crippen LogP contribution in [0.5, 0.6) is 5.75 Å². The Morgan fingerprint density at radius 1 is 1.30 bits per heavy atom. The van der Waals surface area contributed by atoms with Crippen molar-refractivity contribution >= 4 is 39.3 Å². The van der Waals surface area contributed by atoms with Gasteiger partial charge in [-0.2, -0.15) is 0 Å². The van der Waals surface area contributed by atoms with Crippen LogP contribution in [0.3, 0.4) is 0 Å². The lowest BCUT2D eigenvalue weighted by molar-refractivity contribution is -0.113. The highest BCUT2D eigenvalue weighted by molar-refractivity contribution is 9.10. The number of anilines is 1. The first-order valence-electron chi connectivity index (χ1n) is 7.60. The summed E-state index contributed by atoms with van der Waals surface area (Å²) in [6, 6.07) is 9.03. The molecule has 1 heterocycles. The molecule has 0 aliphatic carbocycles. The maximum Gasteiger partial charge on any atom is 0.234 e. The number of aromatic nitrogens is 3. The minimum absolute atomic E-state index is 0.0385. The van der Waals surface area contributed by atoms with Crippen molar-refractivity contribution < 1.29 is 18.3 Å². The molecule has 3 aromatic rings. The van der Waals surface area contributed by atoms with Gasteiger partial charge in [-0.05, 0) is 46.3 Å². The highest BCUT2D eigenvalue weighted by Gasteiger charge is 2.14. The van der Waals surface area contributed by atoms with Gasteiger partial charge in [-0.1, -0.05) is 11.8 Å². The van der Waals surface area contributed by atoms with Crippen LogP contribution in [-0.4, -0.2) is 34.0 Å². The van der Waals surface area contributed by atoms with Crippen LogP contribution < -0.4 is 10.1 Å². The standard InChI is InChI=1S/C17H13BrF2N4O2S/c1-26-11-4-2-9(3-5-11)16-22-17(24-23-16)27-8-14(25)21-15-12(18)6-10(19)7-13(15)20/h2-7H,8H2,1H3,(H,21,25)(H,22,23,24). The fraction of sp³-hybridized carbons (Fsp3) is 0.118. The number of halogens is 3. The molecule has 0 bridgehead atoms. The summed E-state index contributed by atoms with van der Waals surface area (Å²) in [5.74, 6) is -0.833. The van der Waals surface area contributed by atoms with Gasteiger partial charge >= 0.3 is 0 Å². The van der Waals surface area contributed by atoms with Crippen molar-refractivity contribution in [3.63, 3.8) is 0 Å². The number of hydrogen-bond donors (Lipinski definition) is 2. The van der Waals surface area contributed by atoms with E-state index in [1.165, 1.54) is 0 Å². The summed E-state index contributed by atoms with van der Waals surface area (Å²) in [6.45, 7) is 0. The maximum absolute atomic E-state index is 13.7. The van der Waals surface area contributed by atoms with Gasteiger partial charge in [0.1, 0.15) is 11.6 Å². The van der Waals surface area contributed by atoms with Gasteiger partial charge in [0.2, 0.25) is 11.1 Å². The summed E-state index contributed by atoms with van der Waals surface area (Å²) in [5, 5.41) is 9.61. The number of rotatable bonds is 6. The van der Waals surface area contributed by atoms with E-state index in [0.29, 0.717) is 17.0 Å². The van der Waals surface area contributed by atoms with E-state index < -0.39 is 17.5 Å². The van der Waals surface area contributed by atoms with Gasteiger partial charge in [0.15, 0.2) is 11.6 Å². The number of ether oxygens (including phenoxy) is 1. The van der Waals surface area contributed by atoms with Gasteiger partial charge in [0.25, 0.3) is 0 Å². The molecule has 0 saturated carbocycles. The molecule has 140 valence electrons. The van der Waals surface area contributed by atoms with Crippen molar-refractivity contribution in [3.8, 4) is 17.1 Å². The highest BCUT2D eigenvalue weighted by Crippen LogP contribution is 2.27. The van der Waals surface area contributed by atoms with E-state index in [4.69, 9.17) is 4.74 Å². The Morgan fingerprint density at radius 2 is 2.04 bits per heavy atom. The van der Waals surface area contributed by atoms with Crippen molar-refractivity contribution in [2.24, 2.45) is 0 Å². The summed E-state index contributed by atoms with van der Waals surface area (Å²) >= 11 is 4.11. The Kier molecular flexibility index (Phi) is 6.07. The number of carbonyl (C=O) groups is 1. The monoisotopic (exact) mass is 454 g/mol. The van der Waals surface area contributed by atoms with Gasteiger partial charge < -0.3 is 10.1 Å². The number of amides is 1. The number of methoxy groups -OCH3 is 1. The van der Waals surface area contributed by atoms with E-state index in [1.54, 1.807) is 19.2 Å². The number of hydrogen-bond acceptors (Lipinski definition) is 5. The molecule has 1 amide bonds. The lowest BCUT2D eigenvalue weighted by atomic mass is 10.2. The third-order valence-electron chi connectivity index (χ3n) is 3.43. The van der Waals surface area contributed by atoms with Crippen LogP contribution in [0.4, 0.5) is 14.5 Å². The summed E-state index contributed by atoms with van der Waals surface area (Å²) in [5.41, 5.74) is 0.702. The molecule has 27 heavy (non-hydrogen) atoms. The summed E-state index contributed by atoms with van der Waals surface area (Å²) < 4.78 is 32.1. The van der Waals surface area contributed by atoms with Crippen molar-refractivity contribution in [1.82, 2.24) is 15.2 Å². The van der Waals surface area contributed by atoms with E-state index in [0.717, 1.165) is 29.1 Å². The molecule has 0 fully saturated rings. The minimum atomic E-state index is -0.861. The normalized spacial score (nSPS) is 10.7. The molecular formula is C17H13BrF2N4O2S. The van der Waals surface area contributed by atoms with E-state index in [1.807, 2.05) is 12.1 Å². The predicted octanol–water partition coefficient (Wildman–Crippen LogP) is 4.25. The summed E-state index contributed by atoms with van der Waals surface area (Å²) in [4.78, 5) is 16.3. The molecule has 0 atom stereocenters. The average Bonchev–Trinajstić information content (AvgIpc) is 3.12. The van der Waals surface area contributed by atoms with Crippen LogP contribution in [0, 0.1) is 11.6 Å². The zero-order valence-electron chi connectivity index (χ0n) is 13.9. The smallest absolute Gasteiger partial charge is 0.234 e. The largest absolute Gasteiger partial charge is 0.497 e. The van der Waals surface area contributed by atoms with Crippen LogP contribution in [0.1, 0.15) is 0 Å². The number of aromatic amines is 1. The summed E-state index contributed by atoms with van der Waals surface area (Å²) in [7, 11) is 1.58. The molecule has 3 rings (SSSR count). The van der Waals surface area contributed by atoms with Crippen LogP contribution in [0.2, 0.25) is 0 Å². The Balaban J connectivity index is 1.60. The third-order valence-corrected chi connectivity index (χ3v) is 4.90. The Hall–Kier alpha value is -2.46. The second-order valence-corrected chi connectivity index (χ2v) is 7.07. The second-order valence-electron chi connectivity index (χ2n) is 5.28. The average molecular weight is 455 g/mol. The highest BCUT2D eigenvalue weighted by atomic mass is 79.9. The Morgan fingerprint density at radius 3 is 2.70 bits per heavy atom. The van der Waals surface area contributed by atoms with Crippen LogP contribution >= 0.6 is 27.7 Å². The lowest BCUT2D eigenvalue weighted by Crippen LogP contribution is -2.15. The van der Waals surface area contributed by atoms with E-state index in [9.17, 15) is 13.6 Å². The molecule has 1 aromatic heterocycles. The maximum atomic E-state index is 13.7. The van der Waals surface area contributed by atoms with Crippen molar-refractivity contribution in [1.29, 1.82) is 0 Å². The number of benzene rings is 2. The number of nitrogens with zero attached hydrogens (tertiary/aromatic N) is 2. The van der Waals surface area contributed by atoms with Crippen LogP contribution in [0.25, 0.3) is 11.4 Å². The first-order chi connectivity index (χ1) is 13.0. The molecule has 2 N–H and O–H groups in total. The molecule has 6 nitrogen and oxygen atoms in total. The van der Waals surface area contributed by atoms with Gasteiger partial charge in [0.05, 0.1) is 18.6 Å². The minimum Gasteiger partial charge on any atom is -0.497 e. The molecule has 0 radical (unpaired) electrons. The molecule has 2 aromatic carbocycles. The number of carbonyl (C=O) groups excluding carboxylic acids is 1. The van der Waals surface area contributed by atoms with Gasteiger partial charge in [-0.3, -0.25) is 9.89 Å². The van der Waals surface area contributed by atoms with Crippen molar-refractivity contribution in [3.05, 3.63) is 52.5 Å². The number of H-pyrrole nitrogens is 1. The number of thioether (sulfide) groups is 1. The summed E-state index contributed by atoms with van der Waals surface area (Å²) in [6.07, 6.45) is 0. The lowest BCUT2D eigenvalue weighted by Gasteiger charge is -2.08. The molecule has 10 heteroatoms. The van der Waals surface area contributed by atoms with Crippen LogP contribution in [-0.2, 0) is 4.79 Å². The van der Waals surface area contributed by atoms with Gasteiger partial charge in [0, 0.05) is 16.1 Å². The van der Waals surface area contributed by atoms with E-state index in [-0.39, 0.29) is 15.9 Å². The quantitative estimate of drug-likeness (QED) is 0.544. The molecule has 0 unspecified atom stereocenters. The van der Waals surface area contributed by atoms with Crippen LogP contribution in [0.15, 0.2) is 46.0 Å². The van der Waals surface area contributed by atoms with Crippen molar-refractivity contribution in [2.45, 2.75) is 5.16 Å². The second kappa shape index (κ2) is 8.49. The topological polar surface area (TPSA) is 79.9 Å². The number of nitrogens with one attached hydrogen (secondary N) is 2. The SMILES string of the molecule is COc1ccc(-c2nc(SCC(=O)Nc3c(F)cc(F)cc3Br)n[nH]2)cc1. The zero-order valence-corrected chi connectivity index (χ0v) is 16.3. The van der Waals surface area contributed by atoms with Gasteiger partial charge in [-0.15, -0.1) is 5.10 Å². The molecular weight excluding hydrogens is 442 g/mol. The van der Waals surface area contributed by atoms with E-state index in [2.05, 4.69) is 36.4 Å². The van der Waals surface area contributed by atoms with E-state index >= 15 is 0 Å². The van der Waals surface area contributed by atoms with Gasteiger partial charge in [-0.25, -0.2) is 13.8 Å². The Labute approximate surface area is 165 Å². The molecule has 0 aliphatic rings. The molecule has 0 spiro atoms. The van der Waals surface area contributed by atoms with Crippen molar-refractivity contribution in [2.75, 3.05) is 18.2 Å². The molecule has 0 saturated heterocycles. The zero-order chi connectivity index (χ0) is 19.4. The fourth-order valence-corrected chi connectivity index (χ4v) is 3.26. The third kappa shape index (κ3) is 4.83. The first kappa shape index (κ1) is 19.3. The first-order valence-corrected chi connectivity index (χ1v) is 9.38.